The Labute approximate surface area is 221 Å². The number of carbonyl (C=O) groups excluding carboxylic acids is 1. The number of aromatic nitrogens is 1. The molecule has 1 amide bonds. The summed E-state index contributed by atoms with van der Waals surface area (Å²) in [7, 11) is 1.66. The molecule has 0 radical (unpaired) electrons. The third-order valence-electron chi connectivity index (χ3n) is 7.47. The van der Waals surface area contributed by atoms with Crippen molar-refractivity contribution >= 4 is 28.4 Å². The zero-order valence-electron chi connectivity index (χ0n) is 20.9. The summed E-state index contributed by atoms with van der Waals surface area (Å²) in [5.41, 5.74) is 6.21. The van der Waals surface area contributed by atoms with Crippen molar-refractivity contribution < 1.29 is 14.3 Å². The SMILES string of the molecule is COc1ccc(C2c3[nH]c4ccc(Cl)cc4c3CCN2C(=O)c2cccc(CN3CCOCC3)c2)cc1. The van der Waals surface area contributed by atoms with Crippen molar-refractivity contribution in [1.29, 1.82) is 0 Å². The molecule has 190 valence electrons. The number of H-pyrrole nitrogens is 1. The van der Waals surface area contributed by atoms with Gasteiger partial charge in [0.15, 0.2) is 0 Å². The van der Waals surface area contributed by atoms with E-state index in [1.54, 1.807) is 7.11 Å². The molecule has 4 aromatic rings. The van der Waals surface area contributed by atoms with Crippen LogP contribution in [0.4, 0.5) is 0 Å². The van der Waals surface area contributed by atoms with E-state index in [0.717, 1.165) is 72.7 Å². The number of amides is 1. The number of fused-ring (bicyclic) bond motifs is 3. The smallest absolute Gasteiger partial charge is 0.254 e. The van der Waals surface area contributed by atoms with Gasteiger partial charge >= 0.3 is 0 Å². The number of benzene rings is 3. The fraction of sp³-hybridized carbons (Fsp3) is 0.300. The van der Waals surface area contributed by atoms with Crippen LogP contribution in [0.15, 0.2) is 66.7 Å². The monoisotopic (exact) mass is 515 g/mol. The van der Waals surface area contributed by atoms with Crippen LogP contribution in [0.25, 0.3) is 10.9 Å². The zero-order chi connectivity index (χ0) is 25.4. The van der Waals surface area contributed by atoms with Gasteiger partial charge in [0.1, 0.15) is 5.75 Å². The number of halogens is 1. The van der Waals surface area contributed by atoms with E-state index >= 15 is 0 Å². The first kappa shape index (κ1) is 24.0. The molecule has 6 nitrogen and oxygen atoms in total. The third kappa shape index (κ3) is 4.73. The zero-order valence-corrected chi connectivity index (χ0v) is 21.6. The lowest BCUT2D eigenvalue weighted by Crippen LogP contribution is -2.40. The predicted octanol–water partition coefficient (Wildman–Crippen LogP) is 5.45. The molecule has 3 aromatic carbocycles. The van der Waals surface area contributed by atoms with E-state index in [1.807, 2.05) is 65.6 Å². The number of hydrogen-bond acceptors (Lipinski definition) is 4. The lowest BCUT2D eigenvalue weighted by Gasteiger charge is -2.36. The topological polar surface area (TPSA) is 57.8 Å². The Balaban J connectivity index is 1.37. The van der Waals surface area contributed by atoms with Crippen molar-refractivity contribution in [2.75, 3.05) is 40.0 Å². The number of nitrogens with zero attached hydrogens (tertiary/aromatic N) is 2. The van der Waals surface area contributed by atoms with Crippen LogP contribution >= 0.6 is 11.6 Å². The first-order valence-corrected chi connectivity index (χ1v) is 13.1. The van der Waals surface area contributed by atoms with Crippen molar-refractivity contribution in [3.8, 4) is 5.75 Å². The molecule has 3 heterocycles. The van der Waals surface area contributed by atoms with Gasteiger partial charge in [-0.15, -0.1) is 0 Å². The average molecular weight is 516 g/mol. The lowest BCUT2D eigenvalue weighted by atomic mass is 9.91. The molecule has 1 saturated heterocycles. The minimum atomic E-state index is -0.240. The Morgan fingerprint density at radius 1 is 1.05 bits per heavy atom. The van der Waals surface area contributed by atoms with Crippen molar-refractivity contribution in [1.82, 2.24) is 14.8 Å². The highest BCUT2D eigenvalue weighted by Gasteiger charge is 2.35. The van der Waals surface area contributed by atoms with Crippen molar-refractivity contribution in [3.63, 3.8) is 0 Å². The highest BCUT2D eigenvalue weighted by molar-refractivity contribution is 6.31. The highest BCUT2D eigenvalue weighted by Crippen LogP contribution is 2.40. The summed E-state index contributed by atoms with van der Waals surface area (Å²) < 4.78 is 10.9. The molecule has 1 aromatic heterocycles. The number of morpholine rings is 1. The molecule has 1 N–H and O–H groups in total. The van der Waals surface area contributed by atoms with Gasteiger partial charge in [-0.2, -0.15) is 0 Å². The second kappa shape index (κ2) is 10.2. The Kier molecular flexibility index (Phi) is 6.63. The fourth-order valence-corrected chi connectivity index (χ4v) is 5.77. The predicted molar refractivity (Wildman–Crippen MR) is 145 cm³/mol. The third-order valence-corrected chi connectivity index (χ3v) is 7.70. The molecule has 0 bridgehead atoms. The number of aromatic amines is 1. The van der Waals surface area contributed by atoms with E-state index in [2.05, 4.69) is 16.0 Å². The minimum absolute atomic E-state index is 0.0342. The van der Waals surface area contributed by atoms with Gasteiger partial charge < -0.3 is 19.4 Å². The number of rotatable bonds is 5. The van der Waals surface area contributed by atoms with E-state index in [0.29, 0.717) is 17.1 Å². The molecule has 0 spiro atoms. The van der Waals surface area contributed by atoms with Gasteiger partial charge in [-0.3, -0.25) is 9.69 Å². The van der Waals surface area contributed by atoms with Gasteiger partial charge in [-0.1, -0.05) is 35.9 Å². The molecule has 37 heavy (non-hydrogen) atoms. The molecule has 1 unspecified atom stereocenters. The van der Waals surface area contributed by atoms with Gasteiger partial charge in [0.2, 0.25) is 0 Å². The summed E-state index contributed by atoms with van der Waals surface area (Å²) in [6.07, 6.45) is 0.765. The van der Waals surface area contributed by atoms with Crippen molar-refractivity contribution in [2.24, 2.45) is 0 Å². The fourth-order valence-electron chi connectivity index (χ4n) is 5.60. The summed E-state index contributed by atoms with van der Waals surface area (Å²) in [6.45, 7) is 4.78. The summed E-state index contributed by atoms with van der Waals surface area (Å²) in [5.74, 6) is 0.823. The highest BCUT2D eigenvalue weighted by atomic mass is 35.5. The lowest BCUT2D eigenvalue weighted by molar-refractivity contribution is 0.0341. The maximum absolute atomic E-state index is 14.1. The van der Waals surface area contributed by atoms with Crippen LogP contribution in [0.5, 0.6) is 5.75 Å². The van der Waals surface area contributed by atoms with E-state index in [1.165, 1.54) is 5.56 Å². The van der Waals surface area contributed by atoms with Crippen LogP contribution in [0.3, 0.4) is 0 Å². The summed E-state index contributed by atoms with van der Waals surface area (Å²) >= 11 is 6.35. The van der Waals surface area contributed by atoms with Gasteiger partial charge in [0.05, 0.1) is 26.4 Å². The molecule has 2 aliphatic rings. The van der Waals surface area contributed by atoms with E-state index < -0.39 is 0 Å². The molecule has 1 fully saturated rings. The Hall–Kier alpha value is -3.32. The number of hydrogen-bond donors (Lipinski definition) is 1. The first-order valence-electron chi connectivity index (χ1n) is 12.7. The van der Waals surface area contributed by atoms with Crippen LogP contribution in [-0.2, 0) is 17.7 Å². The van der Waals surface area contributed by atoms with Gasteiger partial charge in [-0.05, 0) is 65.6 Å². The van der Waals surface area contributed by atoms with Crippen LogP contribution < -0.4 is 4.74 Å². The van der Waals surface area contributed by atoms with Crippen LogP contribution in [-0.4, -0.2) is 60.6 Å². The second-order valence-corrected chi connectivity index (χ2v) is 10.2. The number of ether oxygens (including phenoxy) is 2. The van der Waals surface area contributed by atoms with Gasteiger partial charge in [-0.25, -0.2) is 0 Å². The average Bonchev–Trinajstić information content (AvgIpc) is 3.31. The van der Waals surface area contributed by atoms with Crippen LogP contribution in [0.2, 0.25) is 5.02 Å². The molecule has 1 atom stereocenters. The summed E-state index contributed by atoms with van der Waals surface area (Å²) in [6, 6.07) is 21.8. The minimum Gasteiger partial charge on any atom is -0.497 e. The maximum Gasteiger partial charge on any atom is 0.254 e. The standard InChI is InChI=1S/C30H30ClN3O3/c1-36-24-8-5-21(6-9-24)29-28-25(26-18-23(31)7-10-27(26)32-28)11-12-34(29)30(35)22-4-2-3-20(17-22)19-33-13-15-37-16-14-33/h2-10,17-18,29,32H,11-16,19H2,1H3. The number of carbonyl (C=O) groups is 1. The Bertz CT molecular complexity index is 1430. The molecule has 7 heteroatoms. The Morgan fingerprint density at radius 2 is 1.86 bits per heavy atom. The summed E-state index contributed by atoms with van der Waals surface area (Å²) in [4.78, 5) is 22.0. The molecule has 2 aliphatic heterocycles. The van der Waals surface area contributed by atoms with Crippen molar-refractivity contribution in [2.45, 2.75) is 19.0 Å². The van der Waals surface area contributed by atoms with Crippen LogP contribution in [0.1, 0.15) is 38.8 Å². The van der Waals surface area contributed by atoms with Crippen molar-refractivity contribution in [3.05, 3.63) is 99.7 Å². The molecular formula is C30H30ClN3O3. The molecular weight excluding hydrogens is 486 g/mol. The maximum atomic E-state index is 14.1. The summed E-state index contributed by atoms with van der Waals surface area (Å²) in [5, 5.41) is 1.84. The molecule has 6 rings (SSSR count). The first-order chi connectivity index (χ1) is 18.1. The molecule has 0 saturated carbocycles. The van der Waals surface area contributed by atoms with Gasteiger partial charge in [0.25, 0.3) is 5.91 Å². The number of nitrogens with one attached hydrogen (secondary N) is 1. The Morgan fingerprint density at radius 3 is 2.65 bits per heavy atom. The number of methoxy groups -OCH3 is 1. The largest absolute Gasteiger partial charge is 0.497 e. The van der Waals surface area contributed by atoms with E-state index in [-0.39, 0.29) is 11.9 Å². The second-order valence-electron chi connectivity index (χ2n) is 9.72. The van der Waals surface area contributed by atoms with Gasteiger partial charge in [0, 0.05) is 53.4 Å². The van der Waals surface area contributed by atoms with E-state index in [9.17, 15) is 4.79 Å². The van der Waals surface area contributed by atoms with E-state index in [4.69, 9.17) is 21.1 Å². The molecule has 0 aliphatic carbocycles. The quantitative estimate of drug-likeness (QED) is 0.384. The normalized spacial score (nSPS) is 18.1. The van der Waals surface area contributed by atoms with Crippen LogP contribution in [0, 0.1) is 0 Å².